The summed E-state index contributed by atoms with van der Waals surface area (Å²) >= 11 is 6.71. The molecule has 1 aliphatic heterocycles. The maximum atomic E-state index is 12.4. The molecule has 4 nitrogen and oxygen atoms in total. The summed E-state index contributed by atoms with van der Waals surface area (Å²) < 4.78 is 28.9. The van der Waals surface area contributed by atoms with Crippen molar-refractivity contribution in [2.24, 2.45) is 0 Å². The number of halogens is 2. The fourth-order valence-electron chi connectivity index (χ4n) is 2.35. The van der Waals surface area contributed by atoms with Gasteiger partial charge in [0.15, 0.2) is 0 Å². The second-order valence-electron chi connectivity index (χ2n) is 5.16. The number of nitrogens with zero attached hydrogens (tertiary/aromatic N) is 1. The highest BCUT2D eigenvalue weighted by atomic mass is 79.9. The summed E-state index contributed by atoms with van der Waals surface area (Å²) in [5, 5.41) is 0. The largest absolute Gasteiger partial charge is 0.302 e. The van der Waals surface area contributed by atoms with E-state index in [1.807, 2.05) is 14.0 Å². The summed E-state index contributed by atoms with van der Waals surface area (Å²) in [6, 6.07) is 3.73. The number of benzene rings is 1. The molecule has 7 heteroatoms. The minimum atomic E-state index is -3.49. The first-order valence-electron chi connectivity index (χ1n) is 6.47. The molecule has 0 aromatic heterocycles. The molecule has 112 valence electrons. The van der Waals surface area contributed by atoms with Crippen LogP contribution in [0.25, 0.3) is 0 Å². The van der Waals surface area contributed by atoms with Gasteiger partial charge in [-0.1, -0.05) is 15.9 Å². The molecule has 20 heavy (non-hydrogen) atoms. The molecule has 1 unspecified atom stereocenters. The van der Waals surface area contributed by atoms with Crippen LogP contribution in [0.4, 0.5) is 0 Å². The maximum Gasteiger partial charge on any atom is 0.241 e. The van der Waals surface area contributed by atoms with Crippen molar-refractivity contribution in [3.8, 4) is 0 Å². The molecule has 0 bridgehead atoms. The summed E-state index contributed by atoms with van der Waals surface area (Å²) in [4.78, 5) is 2.47. The van der Waals surface area contributed by atoms with E-state index in [1.165, 1.54) is 0 Å². The van der Waals surface area contributed by atoms with Crippen LogP contribution in [0.1, 0.15) is 18.4 Å². The zero-order chi connectivity index (χ0) is 14.9. The van der Waals surface area contributed by atoms with Crippen molar-refractivity contribution in [3.05, 3.63) is 26.6 Å². The standard InChI is InChI=1S/C13H18Br2N2O2S/c1-9-6-12(15)13(7-11(9)14)20(18,19)16-8-10-4-3-5-17(10)2/h6-7,10,16H,3-5,8H2,1-2H3. The normalized spacial score (nSPS) is 20.5. The molecule has 1 fully saturated rings. The van der Waals surface area contributed by atoms with Crippen molar-refractivity contribution in [1.29, 1.82) is 0 Å². The average Bonchev–Trinajstić information content (AvgIpc) is 2.77. The summed E-state index contributed by atoms with van der Waals surface area (Å²) in [5.41, 5.74) is 0.992. The minimum Gasteiger partial charge on any atom is -0.302 e. The highest BCUT2D eigenvalue weighted by Gasteiger charge is 2.24. The van der Waals surface area contributed by atoms with Crippen LogP contribution in [0, 0.1) is 6.92 Å². The number of nitrogens with one attached hydrogen (secondary N) is 1. The summed E-state index contributed by atoms with van der Waals surface area (Å²) in [7, 11) is -1.46. The molecule has 2 rings (SSSR count). The Morgan fingerprint density at radius 1 is 1.35 bits per heavy atom. The van der Waals surface area contributed by atoms with Crippen LogP contribution < -0.4 is 4.72 Å². The van der Waals surface area contributed by atoms with Crippen LogP contribution in [-0.4, -0.2) is 39.5 Å². The van der Waals surface area contributed by atoms with Gasteiger partial charge in [0.2, 0.25) is 10.0 Å². The van der Waals surface area contributed by atoms with Crippen molar-refractivity contribution in [1.82, 2.24) is 9.62 Å². The third-order valence-electron chi connectivity index (χ3n) is 3.68. The van der Waals surface area contributed by atoms with Gasteiger partial charge >= 0.3 is 0 Å². The molecule has 1 heterocycles. The van der Waals surface area contributed by atoms with Crippen LogP contribution in [0.15, 0.2) is 26.0 Å². The Morgan fingerprint density at radius 2 is 2.05 bits per heavy atom. The lowest BCUT2D eigenvalue weighted by Gasteiger charge is -2.20. The Labute approximate surface area is 137 Å². The number of sulfonamides is 1. The highest BCUT2D eigenvalue weighted by molar-refractivity contribution is 9.11. The average molecular weight is 426 g/mol. The SMILES string of the molecule is Cc1cc(Br)c(S(=O)(=O)NCC2CCCN2C)cc1Br. The van der Waals surface area contributed by atoms with Crippen LogP contribution in [0.2, 0.25) is 0 Å². The van der Waals surface area contributed by atoms with Gasteiger partial charge in [0.25, 0.3) is 0 Å². The lowest BCUT2D eigenvalue weighted by Crippen LogP contribution is -2.38. The van der Waals surface area contributed by atoms with Crippen LogP contribution in [0.5, 0.6) is 0 Å². The van der Waals surface area contributed by atoms with E-state index in [9.17, 15) is 8.42 Å². The first-order chi connectivity index (χ1) is 9.31. The molecule has 1 aromatic carbocycles. The van der Waals surface area contributed by atoms with Crippen LogP contribution in [-0.2, 0) is 10.0 Å². The molecular weight excluding hydrogens is 408 g/mol. The molecule has 1 saturated heterocycles. The molecule has 1 aromatic rings. The number of rotatable bonds is 4. The van der Waals surface area contributed by atoms with Gasteiger partial charge < -0.3 is 4.90 Å². The predicted molar refractivity (Wildman–Crippen MR) is 87.4 cm³/mol. The molecule has 0 saturated carbocycles. The van der Waals surface area contributed by atoms with Gasteiger partial charge in [-0.15, -0.1) is 0 Å². The number of likely N-dealkylation sites (N-methyl/N-ethyl adjacent to an activating group) is 1. The fraction of sp³-hybridized carbons (Fsp3) is 0.538. The van der Waals surface area contributed by atoms with E-state index in [0.29, 0.717) is 11.0 Å². The lowest BCUT2D eigenvalue weighted by molar-refractivity contribution is 0.311. The smallest absolute Gasteiger partial charge is 0.241 e. The van der Waals surface area contributed by atoms with Gasteiger partial charge in [-0.2, -0.15) is 0 Å². The Hall–Kier alpha value is 0.0500. The second-order valence-corrected chi connectivity index (χ2v) is 8.60. The minimum absolute atomic E-state index is 0.274. The first kappa shape index (κ1) is 16.4. The highest BCUT2D eigenvalue weighted by Crippen LogP contribution is 2.28. The molecule has 0 spiro atoms. The van der Waals surface area contributed by atoms with Gasteiger partial charge in [-0.05, 0) is 67.0 Å². The molecule has 1 N–H and O–H groups in total. The van der Waals surface area contributed by atoms with Crippen LogP contribution in [0.3, 0.4) is 0 Å². The van der Waals surface area contributed by atoms with E-state index in [0.717, 1.165) is 29.4 Å². The van der Waals surface area contributed by atoms with Crippen molar-refractivity contribution in [2.45, 2.75) is 30.7 Å². The zero-order valence-corrected chi connectivity index (χ0v) is 15.5. The van der Waals surface area contributed by atoms with Gasteiger partial charge in [0, 0.05) is 21.5 Å². The third kappa shape index (κ3) is 3.62. The van der Waals surface area contributed by atoms with Crippen molar-refractivity contribution >= 4 is 41.9 Å². The van der Waals surface area contributed by atoms with Crippen molar-refractivity contribution in [3.63, 3.8) is 0 Å². The topological polar surface area (TPSA) is 49.4 Å². The Balaban J connectivity index is 2.16. The van der Waals surface area contributed by atoms with Crippen molar-refractivity contribution in [2.75, 3.05) is 20.1 Å². The Bertz CT molecular complexity index is 605. The number of likely N-dealkylation sites (tertiary alicyclic amines) is 1. The molecule has 0 amide bonds. The van der Waals surface area contributed by atoms with Crippen LogP contribution >= 0.6 is 31.9 Å². The van der Waals surface area contributed by atoms with Gasteiger partial charge in [-0.3, -0.25) is 0 Å². The number of hydrogen-bond acceptors (Lipinski definition) is 3. The van der Waals surface area contributed by atoms with Gasteiger partial charge in [0.1, 0.15) is 0 Å². The van der Waals surface area contributed by atoms with E-state index >= 15 is 0 Å². The van der Waals surface area contributed by atoms with E-state index in [1.54, 1.807) is 12.1 Å². The molecule has 0 aliphatic carbocycles. The van der Waals surface area contributed by atoms with Gasteiger partial charge in [0.05, 0.1) is 4.90 Å². The summed E-state index contributed by atoms with van der Waals surface area (Å²) in [5.74, 6) is 0. The van der Waals surface area contributed by atoms with E-state index in [2.05, 4.69) is 41.5 Å². The monoisotopic (exact) mass is 424 g/mol. The number of hydrogen-bond donors (Lipinski definition) is 1. The van der Waals surface area contributed by atoms with Crippen molar-refractivity contribution < 1.29 is 8.42 Å². The maximum absolute atomic E-state index is 12.4. The second kappa shape index (κ2) is 6.44. The third-order valence-corrected chi connectivity index (χ3v) is 6.92. The van der Waals surface area contributed by atoms with E-state index in [4.69, 9.17) is 0 Å². The molecule has 1 aliphatic rings. The lowest BCUT2D eigenvalue weighted by atomic mass is 10.2. The zero-order valence-electron chi connectivity index (χ0n) is 11.5. The Kier molecular flexibility index (Phi) is 5.29. The fourth-order valence-corrected chi connectivity index (χ4v) is 5.10. The quantitative estimate of drug-likeness (QED) is 0.806. The Morgan fingerprint density at radius 3 is 2.65 bits per heavy atom. The van der Waals surface area contributed by atoms with E-state index < -0.39 is 10.0 Å². The molecule has 1 atom stereocenters. The summed E-state index contributed by atoms with van der Waals surface area (Å²) in [6.45, 7) is 3.41. The predicted octanol–water partition coefficient (Wildman–Crippen LogP) is 2.89. The van der Waals surface area contributed by atoms with E-state index in [-0.39, 0.29) is 10.9 Å². The number of aryl methyl sites for hydroxylation is 1. The molecular formula is C13H18Br2N2O2S. The first-order valence-corrected chi connectivity index (χ1v) is 9.54. The van der Waals surface area contributed by atoms with Gasteiger partial charge in [-0.25, -0.2) is 13.1 Å². The molecule has 0 radical (unpaired) electrons. The summed E-state index contributed by atoms with van der Waals surface area (Å²) in [6.07, 6.45) is 2.17.